The van der Waals surface area contributed by atoms with Crippen molar-refractivity contribution in [3.05, 3.63) is 81.9 Å². The first-order valence-corrected chi connectivity index (χ1v) is 7.98. The van der Waals surface area contributed by atoms with E-state index in [1.807, 2.05) is 24.3 Å². The second-order valence-corrected chi connectivity index (χ2v) is 6.11. The van der Waals surface area contributed by atoms with Gasteiger partial charge < -0.3 is 5.32 Å². The second-order valence-electron chi connectivity index (χ2n) is 5.29. The van der Waals surface area contributed by atoms with E-state index < -0.39 is 11.9 Å². The molecule has 1 aliphatic heterocycles. The van der Waals surface area contributed by atoms with Crippen LogP contribution in [0, 0.1) is 5.82 Å². The minimum Gasteiger partial charge on any atom is -0.324 e. The van der Waals surface area contributed by atoms with Crippen molar-refractivity contribution in [3.63, 3.8) is 0 Å². The number of allylic oxidation sites excluding steroid dienone is 1. The molecule has 0 unspecified atom stereocenters. The van der Waals surface area contributed by atoms with Gasteiger partial charge >= 0.3 is 0 Å². The normalized spacial score (nSPS) is 16.3. The highest BCUT2D eigenvalue weighted by Gasteiger charge is 2.27. The Bertz CT molecular complexity index is 931. The fourth-order valence-electron chi connectivity index (χ4n) is 2.77. The van der Waals surface area contributed by atoms with E-state index >= 15 is 0 Å². The van der Waals surface area contributed by atoms with Crippen LogP contribution in [-0.2, 0) is 0 Å². The first-order chi connectivity index (χ1) is 11.6. The van der Waals surface area contributed by atoms with Crippen LogP contribution < -0.4 is 5.32 Å². The molecule has 120 valence electrons. The summed E-state index contributed by atoms with van der Waals surface area (Å²) in [6.07, 6.45) is 3.25. The molecule has 24 heavy (non-hydrogen) atoms. The van der Waals surface area contributed by atoms with E-state index in [0.29, 0.717) is 21.6 Å². The van der Waals surface area contributed by atoms with Crippen molar-refractivity contribution in [2.24, 2.45) is 0 Å². The molecule has 0 fully saturated rings. The van der Waals surface area contributed by atoms with E-state index in [1.165, 1.54) is 12.4 Å². The topological polar surface area (TPSA) is 42.7 Å². The second kappa shape index (κ2) is 5.92. The maximum Gasteiger partial charge on any atom is 0.226 e. The van der Waals surface area contributed by atoms with Crippen LogP contribution in [-0.4, -0.2) is 14.8 Å². The summed E-state index contributed by atoms with van der Waals surface area (Å²) in [6, 6.07) is 11.5. The molecule has 0 radical (unpaired) electrons. The van der Waals surface area contributed by atoms with Crippen molar-refractivity contribution in [2.45, 2.75) is 6.04 Å². The number of anilines is 1. The molecular formula is C17H11Cl2FN4. The maximum atomic E-state index is 14.4. The van der Waals surface area contributed by atoms with Crippen molar-refractivity contribution >= 4 is 34.8 Å². The molecule has 0 bridgehead atoms. The van der Waals surface area contributed by atoms with E-state index in [9.17, 15) is 4.39 Å². The Labute approximate surface area is 147 Å². The summed E-state index contributed by atoms with van der Waals surface area (Å²) in [5.74, 6) is 0.0994. The molecule has 0 aliphatic carbocycles. The van der Waals surface area contributed by atoms with E-state index in [0.717, 1.165) is 11.3 Å². The number of fused-ring (bicyclic) bond motifs is 1. The van der Waals surface area contributed by atoms with Crippen molar-refractivity contribution in [3.8, 4) is 0 Å². The monoisotopic (exact) mass is 360 g/mol. The molecule has 1 aromatic heterocycles. The van der Waals surface area contributed by atoms with Gasteiger partial charge in [0, 0.05) is 26.9 Å². The Kier molecular flexibility index (Phi) is 3.75. The molecule has 2 heterocycles. The van der Waals surface area contributed by atoms with Gasteiger partial charge in [0.15, 0.2) is 0 Å². The van der Waals surface area contributed by atoms with Crippen LogP contribution in [0.15, 0.2) is 54.9 Å². The van der Waals surface area contributed by atoms with Crippen molar-refractivity contribution in [1.29, 1.82) is 0 Å². The summed E-state index contributed by atoms with van der Waals surface area (Å²) in [7, 11) is 0. The Morgan fingerprint density at radius 2 is 1.83 bits per heavy atom. The molecular weight excluding hydrogens is 350 g/mol. The fourth-order valence-corrected chi connectivity index (χ4v) is 3.28. The first kappa shape index (κ1) is 15.2. The van der Waals surface area contributed by atoms with Crippen LogP contribution in [0.3, 0.4) is 0 Å². The van der Waals surface area contributed by atoms with Gasteiger partial charge in [-0.1, -0.05) is 47.5 Å². The lowest BCUT2D eigenvalue weighted by atomic mass is 10.0. The van der Waals surface area contributed by atoms with Crippen LogP contribution in [0.2, 0.25) is 10.0 Å². The number of nitrogens with one attached hydrogen (secondary N) is 1. The van der Waals surface area contributed by atoms with E-state index in [-0.39, 0.29) is 0 Å². The largest absolute Gasteiger partial charge is 0.324 e. The van der Waals surface area contributed by atoms with Crippen molar-refractivity contribution < 1.29 is 4.39 Å². The van der Waals surface area contributed by atoms with Gasteiger partial charge in [0.25, 0.3) is 0 Å². The molecule has 1 aliphatic rings. The number of halogens is 3. The fraction of sp³-hybridized carbons (Fsp3) is 0.0588. The summed E-state index contributed by atoms with van der Waals surface area (Å²) >= 11 is 12.5. The maximum absolute atomic E-state index is 14.4. The van der Waals surface area contributed by atoms with Gasteiger partial charge in [-0.25, -0.2) is 9.07 Å². The molecule has 0 spiro atoms. The lowest BCUT2D eigenvalue weighted by Gasteiger charge is -2.25. The van der Waals surface area contributed by atoms with Crippen LogP contribution in [0.5, 0.6) is 0 Å². The molecule has 4 rings (SSSR count). The Hall–Kier alpha value is -2.37. The van der Waals surface area contributed by atoms with Crippen LogP contribution in [0.4, 0.5) is 10.3 Å². The minimum absolute atomic E-state index is 0.332. The number of hydrogen-bond donors (Lipinski definition) is 1. The standard InChI is InChI=1S/C17H11Cl2FN4/c18-11-5-2-1-4-10(11)14-8-15(24-17(23-14)21-9-22-24)16-12(19)6-3-7-13(16)20/h1-9,15H,(H,21,22,23)/t15-/m1/s1. The lowest BCUT2D eigenvalue weighted by Crippen LogP contribution is -2.21. The van der Waals surface area contributed by atoms with Crippen LogP contribution in [0.1, 0.15) is 17.2 Å². The number of hydrogen-bond acceptors (Lipinski definition) is 3. The molecule has 7 heteroatoms. The van der Waals surface area contributed by atoms with Gasteiger partial charge in [0.1, 0.15) is 18.2 Å². The van der Waals surface area contributed by atoms with Gasteiger partial charge in [-0.3, -0.25) is 0 Å². The average molecular weight is 361 g/mol. The first-order valence-electron chi connectivity index (χ1n) is 7.22. The van der Waals surface area contributed by atoms with Crippen LogP contribution >= 0.6 is 23.2 Å². The third-order valence-electron chi connectivity index (χ3n) is 3.87. The predicted octanol–water partition coefficient (Wildman–Crippen LogP) is 4.78. The zero-order valence-electron chi connectivity index (χ0n) is 12.2. The Morgan fingerprint density at radius 3 is 2.62 bits per heavy atom. The molecule has 0 saturated heterocycles. The summed E-state index contributed by atoms with van der Waals surface area (Å²) in [5, 5.41) is 8.28. The third kappa shape index (κ3) is 2.46. The quantitative estimate of drug-likeness (QED) is 0.714. The zero-order valence-corrected chi connectivity index (χ0v) is 13.8. The number of nitrogens with zero attached hydrogens (tertiary/aromatic N) is 3. The number of aromatic nitrogens is 3. The summed E-state index contributed by atoms with van der Waals surface area (Å²) in [4.78, 5) is 4.19. The van der Waals surface area contributed by atoms with E-state index in [4.69, 9.17) is 23.2 Å². The highest BCUT2D eigenvalue weighted by molar-refractivity contribution is 6.32. The predicted molar refractivity (Wildman–Crippen MR) is 92.6 cm³/mol. The molecule has 1 atom stereocenters. The van der Waals surface area contributed by atoms with Gasteiger partial charge in [-0.2, -0.15) is 10.1 Å². The van der Waals surface area contributed by atoms with Gasteiger partial charge in [0.2, 0.25) is 5.95 Å². The molecule has 4 nitrogen and oxygen atoms in total. The van der Waals surface area contributed by atoms with Crippen molar-refractivity contribution in [2.75, 3.05) is 5.32 Å². The highest BCUT2D eigenvalue weighted by atomic mass is 35.5. The van der Waals surface area contributed by atoms with Crippen molar-refractivity contribution in [1.82, 2.24) is 14.8 Å². The SMILES string of the molecule is Fc1cccc(Cl)c1[C@H]1C=C(c2ccccc2Cl)Nc2ncnn21. The molecule has 0 saturated carbocycles. The average Bonchev–Trinajstić information content (AvgIpc) is 3.03. The third-order valence-corrected chi connectivity index (χ3v) is 4.53. The molecule has 0 amide bonds. The smallest absolute Gasteiger partial charge is 0.226 e. The summed E-state index contributed by atoms with van der Waals surface area (Å²) in [6.45, 7) is 0. The lowest BCUT2D eigenvalue weighted by molar-refractivity contribution is 0.551. The van der Waals surface area contributed by atoms with E-state index in [1.54, 1.807) is 22.9 Å². The summed E-state index contributed by atoms with van der Waals surface area (Å²) in [5.41, 5.74) is 1.87. The zero-order chi connectivity index (χ0) is 16.7. The minimum atomic E-state index is -0.524. The molecule has 2 aromatic carbocycles. The number of benzene rings is 2. The Morgan fingerprint density at radius 1 is 1.04 bits per heavy atom. The van der Waals surface area contributed by atoms with E-state index in [2.05, 4.69) is 15.4 Å². The highest BCUT2D eigenvalue weighted by Crippen LogP contribution is 2.37. The van der Waals surface area contributed by atoms with Crippen LogP contribution in [0.25, 0.3) is 5.70 Å². The number of rotatable bonds is 2. The Balaban J connectivity index is 1.91. The van der Waals surface area contributed by atoms with Gasteiger partial charge in [-0.15, -0.1) is 0 Å². The molecule has 3 aromatic rings. The van der Waals surface area contributed by atoms with Gasteiger partial charge in [-0.05, 0) is 24.3 Å². The molecule has 1 N–H and O–H groups in total. The van der Waals surface area contributed by atoms with Gasteiger partial charge in [0.05, 0.1) is 0 Å². The summed E-state index contributed by atoms with van der Waals surface area (Å²) < 4.78 is 16.0.